The monoisotopic (exact) mass is 703 g/mol. The van der Waals surface area contributed by atoms with Crippen LogP contribution in [-0.2, 0) is 33.0 Å². The molecule has 0 N–H and O–H groups in total. The highest BCUT2D eigenvalue weighted by atomic mass is 32.1. The third-order valence-electron chi connectivity index (χ3n) is 9.05. The van der Waals surface area contributed by atoms with Gasteiger partial charge in [0.1, 0.15) is 39.6 Å². The average Bonchev–Trinajstić information content (AvgIpc) is 3.74. The molecule has 4 heterocycles. The Hall–Kier alpha value is -4.46. The van der Waals surface area contributed by atoms with Crippen molar-refractivity contribution in [3.63, 3.8) is 0 Å². The quantitative estimate of drug-likeness (QED) is 0.144. The molecule has 1 aliphatic heterocycles. The molecule has 1 fully saturated rings. The number of aromatic nitrogens is 5. The lowest BCUT2D eigenvalue weighted by atomic mass is 9.91. The maximum absolute atomic E-state index is 15.1. The first-order valence-electron chi connectivity index (χ1n) is 16.8. The fourth-order valence-corrected chi connectivity index (χ4v) is 7.53. The molecule has 11 nitrogen and oxygen atoms in total. The number of aryl methyl sites for hydroxylation is 1. The van der Waals surface area contributed by atoms with Gasteiger partial charge in [-0.3, -0.25) is 14.2 Å². The van der Waals surface area contributed by atoms with Gasteiger partial charge < -0.3 is 14.2 Å². The Morgan fingerprint density at radius 1 is 1.08 bits per heavy atom. The summed E-state index contributed by atoms with van der Waals surface area (Å²) in [6, 6.07) is 13.9. The van der Waals surface area contributed by atoms with Gasteiger partial charge in [-0.2, -0.15) is 10.2 Å². The number of nitrogens with zero attached hydrogens (tertiary/aromatic N) is 5. The molecule has 1 atom stereocenters. The highest BCUT2D eigenvalue weighted by Gasteiger charge is 2.36. The minimum Gasteiger partial charge on any atom is -0.489 e. The van der Waals surface area contributed by atoms with Crippen LogP contribution >= 0.6 is 11.3 Å². The van der Waals surface area contributed by atoms with E-state index in [1.165, 1.54) is 45.2 Å². The summed E-state index contributed by atoms with van der Waals surface area (Å²) in [7, 11) is 0. The summed E-state index contributed by atoms with van der Waals surface area (Å²) in [6.45, 7) is 9.96. The van der Waals surface area contributed by atoms with E-state index in [4.69, 9.17) is 14.2 Å². The zero-order valence-electron chi connectivity index (χ0n) is 28.9. The molecule has 13 heteroatoms. The lowest BCUT2D eigenvalue weighted by Crippen LogP contribution is -2.53. The van der Waals surface area contributed by atoms with Gasteiger partial charge in [0.05, 0.1) is 30.4 Å². The summed E-state index contributed by atoms with van der Waals surface area (Å²) in [5, 5.41) is 9.39. The average molecular weight is 704 g/mol. The van der Waals surface area contributed by atoms with Crippen LogP contribution in [0.3, 0.4) is 0 Å². The van der Waals surface area contributed by atoms with Crippen LogP contribution in [0.1, 0.15) is 69.8 Å². The van der Waals surface area contributed by atoms with Gasteiger partial charge in [0.15, 0.2) is 5.78 Å². The number of hydrogen-bond donors (Lipinski definition) is 0. The molecular formula is C37H42FN5O6S. The number of carbonyl (C=O) groups excluding carboxylic acids is 1. The second kappa shape index (κ2) is 14.8. The normalized spacial score (nSPS) is 14.8. The molecular weight excluding hydrogens is 662 g/mol. The Balaban J connectivity index is 1.54. The van der Waals surface area contributed by atoms with Gasteiger partial charge >= 0.3 is 5.69 Å². The third kappa shape index (κ3) is 7.21. The minimum absolute atomic E-state index is 0.0170. The molecule has 1 aliphatic rings. The molecule has 0 aliphatic carbocycles. The minimum atomic E-state index is -1.47. The molecule has 6 rings (SSSR count). The van der Waals surface area contributed by atoms with Crippen molar-refractivity contribution >= 4 is 27.3 Å². The van der Waals surface area contributed by atoms with Gasteiger partial charge in [0.2, 0.25) is 0 Å². The Bertz CT molecular complexity index is 2080. The number of fused-ring (bicyclic) bond motifs is 1. The first-order valence-corrected chi connectivity index (χ1v) is 17.7. The summed E-state index contributed by atoms with van der Waals surface area (Å²) in [5.41, 5.74) is -0.795. The van der Waals surface area contributed by atoms with Crippen LogP contribution in [0.25, 0.3) is 15.2 Å². The van der Waals surface area contributed by atoms with Gasteiger partial charge in [0, 0.05) is 30.8 Å². The SMILES string of the molecule is Cc1c(-n2nccn2)sc2c1c(=O)n(C(C)(C)C(=O)CC(C)C)c(=O)n2C[C@H](OC1CCOCC1)c1cc(F)ccc1OCc1ccccc1. The molecule has 0 radical (unpaired) electrons. The standard InChI is InChI=1S/C37H42FN5O6S/c1-23(2)19-31(44)37(4,5)42-33(45)32-24(3)34(43-39-15-16-40-43)50-35(32)41(36(42)46)21-30(49-27-13-17-47-18-14-27)28-20-26(38)11-12-29(28)48-22-25-9-7-6-8-10-25/h6-12,15-16,20,23,27,30H,13-14,17-19,21-22H2,1-5H3/t30-/m0/s1. The maximum atomic E-state index is 15.1. The van der Waals surface area contributed by atoms with Crippen molar-refractivity contribution in [3.8, 4) is 10.8 Å². The van der Waals surface area contributed by atoms with Crippen LogP contribution in [0.2, 0.25) is 0 Å². The Morgan fingerprint density at radius 2 is 1.78 bits per heavy atom. The first kappa shape index (κ1) is 35.4. The Morgan fingerprint density at radius 3 is 2.46 bits per heavy atom. The summed E-state index contributed by atoms with van der Waals surface area (Å²) in [6.07, 6.45) is 3.34. The van der Waals surface area contributed by atoms with E-state index in [-0.39, 0.29) is 42.8 Å². The van der Waals surface area contributed by atoms with E-state index in [1.54, 1.807) is 26.8 Å². The molecule has 5 aromatic rings. The highest BCUT2D eigenvalue weighted by Crippen LogP contribution is 2.36. The molecule has 50 heavy (non-hydrogen) atoms. The molecule has 264 valence electrons. The van der Waals surface area contributed by atoms with Crippen LogP contribution in [-0.4, -0.2) is 49.2 Å². The summed E-state index contributed by atoms with van der Waals surface area (Å²) in [4.78, 5) is 44.5. The number of carbonyl (C=O) groups is 1. The molecule has 3 aromatic heterocycles. The third-order valence-corrected chi connectivity index (χ3v) is 10.3. The van der Waals surface area contributed by atoms with E-state index in [0.717, 1.165) is 10.1 Å². The van der Waals surface area contributed by atoms with Gasteiger partial charge in [-0.1, -0.05) is 55.5 Å². The number of ether oxygens (including phenoxy) is 3. The number of benzene rings is 2. The van der Waals surface area contributed by atoms with Crippen molar-refractivity contribution < 1.29 is 23.4 Å². The Kier molecular flexibility index (Phi) is 10.5. The number of rotatable bonds is 13. The second-order valence-electron chi connectivity index (χ2n) is 13.5. The predicted molar refractivity (Wildman–Crippen MR) is 189 cm³/mol. The van der Waals surface area contributed by atoms with Crippen molar-refractivity contribution in [2.45, 2.75) is 84.8 Å². The first-order chi connectivity index (χ1) is 24.0. The van der Waals surface area contributed by atoms with E-state index in [0.29, 0.717) is 52.8 Å². The van der Waals surface area contributed by atoms with Crippen LogP contribution in [0.4, 0.5) is 4.39 Å². The number of ketones is 1. The van der Waals surface area contributed by atoms with Crippen molar-refractivity contribution in [3.05, 3.63) is 104 Å². The maximum Gasteiger partial charge on any atom is 0.333 e. The zero-order chi connectivity index (χ0) is 35.6. The summed E-state index contributed by atoms with van der Waals surface area (Å²) < 4.78 is 36.2. The summed E-state index contributed by atoms with van der Waals surface area (Å²) in [5.74, 6) is -0.310. The molecule has 0 amide bonds. The van der Waals surface area contributed by atoms with Gasteiger partial charge in [0.25, 0.3) is 5.56 Å². The lowest BCUT2D eigenvalue weighted by Gasteiger charge is -2.31. The van der Waals surface area contributed by atoms with Gasteiger partial charge in [-0.25, -0.2) is 13.8 Å². The number of thiophene rings is 1. The van der Waals surface area contributed by atoms with Crippen LogP contribution in [0, 0.1) is 18.7 Å². The number of Topliss-reactive ketones (excluding diaryl/α,β-unsaturated/α-hetero) is 1. The molecule has 0 spiro atoms. The Labute approximate surface area is 293 Å². The highest BCUT2D eigenvalue weighted by molar-refractivity contribution is 7.21. The molecule has 0 bridgehead atoms. The van der Waals surface area contributed by atoms with E-state index in [9.17, 15) is 14.4 Å². The molecule has 0 saturated carbocycles. The zero-order valence-corrected chi connectivity index (χ0v) is 29.7. The van der Waals surface area contributed by atoms with Crippen molar-refractivity contribution in [2.75, 3.05) is 13.2 Å². The van der Waals surface area contributed by atoms with Crippen molar-refractivity contribution in [1.29, 1.82) is 0 Å². The number of halogens is 1. The van der Waals surface area contributed by atoms with Gasteiger partial charge in [-0.15, -0.1) is 4.80 Å². The lowest BCUT2D eigenvalue weighted by molar-refractivity contribution is -0.127. The van der Waals surface area contributed by atoms with Crippen LogP contribution < -0.4 is 16.0 Å². The van der Waals surface area contributed by atoms with E-state index < -0.39 is 28.7 Å². The summed E-state index contributed by atoms with van der Waals surface area (Å²) >= 11 is 1.19. The van der Waals surface area contributed by atoms with E-state index >= 15 is 4.39 Å². The largest absolute Gasteiger partial charge is 0.489 e. The smallest absolute Gasteiger partial charge is 0.333 e. The van der Waals surface area contributed by atoms with Crippen LogP contribution in [0.5, 0.6) is 5.75 Å². The molecule has 0 unspecified atom stereocenters. The van der Waals surface area contributed by atoms with Crippen LogP contribution in [0.15, 0.2) is 70.5 Å². The molecule has 1 saturated heterocycles. The number of hydrogen-bond acceptors (Lipinski definition) is 9. The fourth-order valence-electron chi connectivity index (χ4n) is 6.31. The molecule has 2 aromatic carbocycles. The predicted octanol–water partition coefficient (Wildman–Crippen LogP) is 6.12. The van der Waals surface area contributed by atoms with Crippen molar-refractivity contribution in [2.24, 2.45) is 5.92 Å². The van der Waals surface area contributed by atoms with Crippen molar-refractivity contribution in [1.82, 2.24) is 24.1 Å². The van der Waals surface area contributed by atoms with E-state index in [1.807, 2.05) is 44.2 Å². The second-order valence-corrected chi connectivity index (χ2v) is 14.5. The van der Waals surface area contributed by atoms with E-state index in [2.05, 4.69) is 10.2 Å². The fraction of sp³-hybridized carbons (Fsp3) is 0.432. The van der Waals surface area contributed by atoms with Gasteiger partial charge in [-0.05, 0) is 63.3 Å². The topological polar surface area (TPSA) is 119 Å².